The predicted molar refractivity (Wildman–Crippen MR) is 70.8 cm³/mol. The summed E-state index contributed by atoms with van der Waals surface area (Å²) in [5, 5.41) is 0. The Bertz CT molecular complexity index is 702. The molecule has 0 bridgehead atoms. The van der Waals surface area contributed by atoms with E-state index < -0.39 is 57.3 Å². The number of hydrogen-bond donors (Lipinski definition) is 0. The van der Waals surface area contributed by atoms with Crippen LogP contribution in [-0.2, 0) is 0 Å². The summed E-state index contributed by atoms with van der Waals surface area (Å²) in [4.78, 5) is 0. The van der Waals surface area contributed by atoms with Gasteiger partial charge >= 0.3 is 0 Å². The molecule has 0 N–H and O–H groups in total. The molecule has 0 heterocycles. The third-order valence-corrected chi connectivity index (χ3v) is 3.02. The molecule has 23 heavy (non-hydrogen) atoms. The number of methoxy groups -OCH3 is 2. The molecule has 0 atom stereocenters. The maximum absolute atomic E-state index is 14.0. The van der Waals surface area contributed by atoms with Gasteiger partial charge in [-0.15, -0.1) is 0 Å². The van der Waals surface area contributed by atoms with E-state index in [4.69, 9.17) is 0 Å². The van der Waals surface area contributed by atoms with Crippen LogP contribution in [0, 0.1) is 34.9 Å². The van der Waals surface area contributed by atoms with Gasteiger partial charge in [-0.2, -0.15) is 0 Å². The molecule has 2 nitrogen and oxygen atoms in total. The van der Waals surface area contributed by atoms with Crippen LogP contribution in [0.4, 0.5) is 26.3 Å². The van der Waals surface area contributed by atoms with E-state index in [9.17, 15) is 26.3 Å². The molecule has 0 aliphatic heterocycles. The third-order valence-electron chi connectivity index (χ3n) is 3.02. The minimum absolute atomic E-state index is 0.296. The van der Waals surface area contributed by atoms with Gasteiger partial charge in [0.2, 0.25) is 7.28 Å². The highest BCUT2D eigenvalue weighted by atomic mass is 19.2. The van der Waals surface area contributed by atoms with Crippen molar-refractivity contribution in [2.24, 2.45) is 0 Å². The topological polar surface area (TPSA) is 18.5 Å². The van der Waals surface area contributed by atoms with Gasteiger partial charge in [0.05, 0.1) is 14.2 Å². The first kappa shape index (κ1) is 17.0. The summed E-state index contributed by atoms with van der Waals surface area (Å²) in [5.74, 6) is -10.3. The van der Waals surface area contributed by atoms with Crippen LogP contribution in [0.5, 0.6) is 11.5 Å². The Labute approximate surface area is 127 Å². The zero-order chi connectivity index (χ0) is 17.3. The Kier molecular flexibility index (Phi) is 4.77. The lowest BCUT2D eigenvalue weighted by atomic mass is 9.62. The third kappa shape index (κ3) is 2.95. The second-order valence-electron chi connectivity index (χ2n) is 4.35. The average Bonchev–Trinajstić information content (AvgIpc) is 2.46. The Balaban J connectivity index is 2.61. The highest BCUT2D eigenvalue weighted by molar-refractivity contribution is 6.67. The highest BCUT2D eigenvalue weighted by Crippen LogP contribution is 2.23. The number of benzene rings is 2. The van der Waals surface area contributed by atoms with Crippen molar-refractivity contribution in [3.05, 3.63) is 47.0 Å². The molecule has 0 saturated heterocycles. The van der Waals surface area contributed by atoms with Crippen molar-refractivity contribution in [2.75, 3.05) is 14.2 Å². The molecule has 0 aliphatic rings. The van der Waals surface area contributed by atoms with Gasteiger partial charge < -0.3 is 9.47 Å². The Morgan fingerprint density at radius 2 is 1.00 bits per heavy atom. The van der Waals surface area contributed by atoms with Crippen LogP contribution in [0.25, 0.3) is 0 Å². The summed E-state index contributed by atoms with van der Waals surface area (Å²) < 4.78 is 91.0. The molecule has 121 valence electrons. The molecule has 1 radical (unpaired) electrons. The lowest BCUT2D eigenvalue weighted by molar-refractivity contribution is 0.357. The van der Waals surface area contributed by atoms with Crippen LogP contribution >= 0.6 is 0 Å². The van der Waals surface area contributed by atoms with Gasteiger partial charge in [0, 0.05) is 12.1 Å². The second-order valence-corrected chi connectivity index (χ2v) is 4.35. The van der Waals surface area contributed by atoms with Crippen LogP contribution in [0.3, 0.4) is 0 Å². The first-order chi connectivity index (χ1) is 10.8. The van der Waals surface area contributed by atoms with Gasteiger partial charge in [0.1, 0.15) is 11.6 Å². The van der Waals surface area contributed by atoms with Crippen molar-refractivity contribution in [2.45, 2.75) is 0 Å². The highest BCUT2D eigenvalue weighted by Gasteiger charge is 2.26. The molecule has 9 heteroatoms. The zero-order valence-electron chi connectivity index (χ0n) is 11.8. The quantitative estimate of drug-likeness (QED) is 0.631. The smallest absolute Gasteiger partial charge is 0.207 e. The fourth-order valence-corrected chi connectivity index (χ4v) is 1.96. The molecular weight excluding hydrogens is 325 g/mol. The van der Waals surface area contributed by atoms with E-state index in [2.05, 4.69) is 9.47 Å². The van der Waals surface area contributed by atoms with Crippen molar-refractivity contribution < 1.29 is 35.8 Å². The van der Waals surface area contributed by atoms with Crippen molar-refractivity contribution in [3.8, 4) is 11.5 Å². The second kappa shape index (κ2) is 6.43. The fourth-order valence-electron chi connectivity index (χ4n) is 1.96. The number of ether oxygens (including phenoxy) is 2. The van der Waals surface area contributed by atoms with Crippen molar-refractivity contribution in [1.29, 1.82) is 0 Å². The number of hydrogen-bond acceptors (Lipinski definition) is 2. The Morgan fingerprint density at radius 3 is 1.30 bits per heavy atom. The van der Waals surface area contributed by atoms with Crippen LogP contribution in [0.1, 0.15) is 0 Å². The van der Waals surface area contributed by atoms with E-state index in [1.807, 2.05) is 0 Å². The molecule has 2 aromatic rings. The predicted octanol–water partition coefficient (Wildman–Crippen LogP) is 2.19. The van der Waals surface area contributed by atoms with Gasteiger partial charge in [-0.3, -0.25) is 0 Å². The van der Waals surface area contributed by atoms with Gasteiger partial charge in [0.25, 0.3) is 0 Å². The van der Waals surface area contributed by atoms with Crippen molar-refractivity contribution in [1.82, 2.24) is 0 Å². The number of rotatable bonds is 4. The normalized spacial score (nSPS) is 10.6. The van der Waals surface area contributed by atoms with E-state index in [0.29, 0.717) is 19.4 Å². The van der Waals surface area contributed by atoms with Crippen LogP contribution in [0.2, 0.25) is 0 Å². The SMILES string of the molecule is COc1c(F)cc(F)c([B]c2c(F)cc(F)c(OC)c2F)c1F. The molecule has 0 aromatic heterocycles. The Morgan fingerprint density at radius 1 is 0.652 bits per heavy atom. The molecule has 0 spiro atoms. The molecular formula is C14H8BF6O2. The van der Waals surface area contributed by atoms with Crippen LogP contribution < -0.4 is 20.4 Å². The van der Waals surface area contributed by atoms with E-state index in [0.717, 1.165) is 14.2 Å². The Hall–Kier alpha value is -2.32. The summed E-state index contributed by atoms with van der Waals surface area (Å²) in [5.41, 5.74) is -1.90. The lowest BCUT2D eigenvalue weighted by Gasteiger charge is -2.12. The van der Waals surface area contributed by atoms with Gasteiger partial charge in [-0.1, -0.05) is 0 Å². The summed E-state index contributed by atoms with van der Waals surface area (Å²) in [6.07, 6.45) is 0. The van der Waals surface area contributed by atoms with E-state index in [1.165, 1.54) is 0 Å². The van der Waals surface area contributed by atoms with Gasteiger partial charge in [-0.05, 0) is 10.9 Å². The van der Waals surface area contributed by atoms with E-state index in [1.54, 1.807) is 0 Å². The average molecular weight is 333 g/mol. The molecule has 0 saturated carbocycles. The lowest BCUT2D eigenvalue weighted by Crippen LogP contribution is -2.37. The zero-order valence-corrected chi connectivity index (χ0v) is 11.8. The van der Waals surface area contributed by atoms with Crippen LogP contribution in [-0.4, -0.2) is 21.5 Å². The summed E-state index contributed by atoms with van der Waals surface area (Å²) >= 11 is 0. The molecule has 0 aliphatic carbocycles. The first-order valence-corrected chi connectivity index (χ1v) is 6.09. The summed E-state index contributed by atoms with van der Waals surface area (Å²) in [6.45, 7) is 0. The maximum Gasteiger partial charge on any atom is 0.207 e. The van der Waals surface area contributed by atoms with Crippen molar-refractivity contribution >= 4 is 18.2 Å². The molecule has 0 fully saturated rings. The van der Waals surface area contributed by atoms with E-state index in [-0.39, 0.29) is 0 Å². The van der Waals surface area contributed by atoms with Crippen LogP contribution in [0.15, 0.2) is 12.1 Å². The first-order valence-electron chi connectivity index (χ1n) is 6.09. The van der Waals surface area contributed by atoms with E-state index >= 15 is 0 Å². The monoisotopic (exact) mass is 333 g/mol. The van der Waals surface area contributed by atoms with Gasteiger partial charge in [-0.25, -0.2) is 26.3 Å². The summed E-state index contributed by atoms with van der Waals surface area (Å²) in [6, 6.07) is 0.592. The minimum Gasteiger partial charge on any atom is -0.491 e. The molecule has 2 aromatic carbocycles. The van der Waals surface area contributed by atoms with Crippen molar-refractivity contribution in [3.63, 3.8) is 0 Å². The maximum atomic E-state index is 14.0. The fraction of sp³-hybridized carbons (Fsp3) is 0.143. The summed E-state index contributed by atoms with van der Waals surface area (Å²) in [7, 11) is 2.30. The molecule has 0 amide bonds. The standard InChI is InChI=1S/C14H8BF6O2/c1-22-13-7(18)3-5(16)9(11(13)20)15-10-6(17)4-8(19)14(23-2)12(10)21/h3-4H,1-2H3. The molecule has 2 rings (SSSR count). The van der Waals surface area contributed by atoms with Gasteiger partial charge in [0.15, 0.2) is 34.8 Å². The minimum atomic E-state index is -1.49. The number of halogens is 6. The largest absolute Gasteiger partial charge is 0.491 e. The molecule has 0 unspecified atom stereocenters.